The van der Waals surface area contributed by atoms with Crippen molar-refractivity contribution in [1.29, 1.82) is 0 Å². The smallest absolute Gasteiger partial charge is 0.251 e. The maximum atomic E-state index is 14.5. The van der Waals surface area contributed by atoms with E-state index in [4.69, 9.17) is 0 Å². The lowest BCUT2D eigenvalue weighted by Gasteiger charge is -2.32. The molecule has 1 aromatic carbocycles. The topological polar surface area (TPSA) is 78.3 Å². The molecule has 0 saturated heterocycles. The molecular weight excluding hydrogens is 414 g/mol. The van der Waals surface area contributed by atoms with E-state index in [1.54, 1.807) is 31.5 Å². The minimum atomic E-state index is -2.89. The number of aromatic nitrogens is 2. The Morgan fingerprint density at radius 3 is 2.31 bits per heavy atom. The summed E-state index contributed by atoms with van der Waals surface area (Å²) >= 11 is 0. The molecule has 1 fully saturated rings. The van der Waals surface area contributed by atoms with Crippen LogP contribution in [0.25, 0.3) is 0 Å². The average molecular weight is 447 g/mol. The number of alkyl halides is 2. The number of hydrogen-bond acceptors (Lipinski definition) is 5. The van der Waals surface area contributed by atoms with Crippen LogP contribution in [0.2, 0.25) is 0 Å². The van der Waals surface area contributed by atoms with Crippen LogP contribution in [0.5, 0.6) is 5.75 Å². The van der Waals surface area contributed by atoms with Crippen molar-refractivity contribution in [2.75, 3.05) is 20.6 Å². The lowest BCUT2D eigenvalue weighted by molar-refractivity contribution is -0.123. The van der Waals surface area contributed by atoms with Gasteiger partial charge in [0.25, 0.3) is 5.92 Å². The molecule has 1 aromatic heterocycles. The summed E-state index contributed by atoms with van der Waals surface area (Å²) in [4.78, 5) is 23.2. The zero-order valence-corrected chi connectivity index (χ0v) is 19.1. The maximum absolute atomic E-state index is 14.5. The fourth-order valence-corrected chi connectivity index (χ4v) is 4.27. The second-order valence-corrected chi connectivity index (χ2v) is 9.16. The largest absolute Gasteiger partial charge is 0.508 e. The van der Waals surface area contributed by atoms with Gasteiger partial charge in [-0.3, -0.25) is 4.79 Å². The highest BCUT2D eigenvalue weighted by atomic mass is 19.3. The Kier molecular flexibility index (Phi) is 7.12. The zero-order valence-electron chi connectivity index (χ0n) is 19.1. The second-order valence-electron chi connectivity index (χ2n) is 9.16. The third-order valence-corrected chi connectivity index (χ3v) is 6.60. The van der Waals surface area contributed by atoms with E-state index in [9.17, 15) is 18.7 Å². The molecule has 3 rings (SSSR count). The van der Waals surface area contributed by atoms with E-state index < -0.39 is 17.3 Å². The van der Waals surface area contributed by atoms with Crippen LogP contribution in [0.1, 0.15) is 49.1 Å². The molecule has 32 heavy (non-hydrogen) atoms. The highest BCUT2D eigenvalue weighted by Gasteiger charge is 2.63. The zero-order chi connectivity index (χ0) is 23.5. The van der Waals surface area contributed by atoms with Crippen LogP contribution >= 0.6 is 0 Å². The van der Waals surface area contributed by atoms with Crippen LogP contribution in [0, 0.1) is 12.3 Å². The van der Waals surface area contributed by atoms with Crippen molar-refractivity contribution in [2.45, 2.75) is 57.4 Å². The summed E-state index contributed by atoms with van der Waals surface area (Å²) in [7, 11) is 3.86. The number of rotatable bonds is 10. The standard InChI is InChI=1S/C24H32F2N4O2/c1-16-27-13-18(14-28-16)21(24(9-10-24)23(2,25)26)12-22(32)29-15-19(30(3)4)11-17-5-7-20(31)8-6-17/h5-8,13-14,19,21,31H,9-12,15H2,1-4H3,(H,29,32)/t19-,21-/m0/s1. The van der Waals surface area contributed by atoms with Crippen LogP contribution in [-0.2, 0) is 11.2 Å². The molecule has 1 amide bonds. The summed E-state index contributed by atoms with van der Waals surface area (Å²) in [5.41, 5.74) is 0.390. The van der Waals surface area contributed by atoms with E-state index in [1.807, 2.05) is 31.1 Å². The van der Waals surface area contributed by atoms with E-state index in [0.717, 1.165) is 12.5 Å². The molecule has 6 nitrogen and oxygen atoms in total. The summed E-state index contributed by atoms with van der Waals surface area (Å²) in [6, 6.07) is 6.99. The predicted octanol–water partition coefficient (Wildman–Crippen LogP) is 3.69. The van der Waals surface area contributed by atoms with Gasteiger partial charge in [0.05, 0.1) is 0 Å². The van der Waals surface area contributed by atoms with Gasteiger partial charge in [-0.05, 0) is 70.5 Å². The van der Waals surface area contributed by atoms with Crippen LogP contribution in [-0.4, -0.2) is 58.5 Å². The fourth-order valence-electron chi connectivity index (χ4n) is 4.27. The summed E-state index contributed by atoms with van der Waals surface area (Å²) in [5, 5.41) is 12.4. The normalized spacial score (nSPS) is 17.1. The SMILES string of the molecule is Cc1ncc([C@H](CC(=O)NC[C@H](Cc2ccc(O)cc2)N(C)C)C2(C(C)(F)F)CC2)cn1. The van der Waals surface area contributed by atoms with Gasteiger partial charge >= 0.3 is 0 Å². The van der Waals surface area contributed by atoms with Crippen LogP contribution < -0.4 is 5.32 Å². The molecule has 2 aromatic rings. The van der Waals surface area contributed by atoms with Crippen LogP contribution in [0.15, 0.2) is 36.7 Å². The van der Waals surface area contributed by atoms with Crippen molar-refractivity contribution < 1.29 is 18.7 Å². The maximum Gasteiger partial charge on any atom is 0.251 e. The molecule has 174 valence electrons. The molecular formula is C24H32F2N4O2. The second kappa shape index (κ2) is 9.48. The van der Waals surface area contributed by atoms with Crippen molar-refractivity contribution in [1.82, 2.24) is 20.2 Å². The minimum Gasteiger partial charge on any atom is -0.508 e. The number of carbonyl (C=O) groups excluding carboxylic acids is 1. The first-order valence-electron chi connectivity index (χ1n) is 10.9. The first-order valence-corrected chi connectivity index (χ1v) is 10.9. The summed E-state index contributed by atoms with van der Waals surface area (Å²) in [6.45, 7) is 3.07. The van der Waals surface area contributed by atoms with Gasteiger partial charge in [0, 0.05) is 42.7 Å². The average Bonchev–Trinajstić information content (AvgIpc) is 3.53. The first kappa shape index (κ1) is 24.0. The Morgan fingerprint density at radius 2 is 1.81 bits per heavy atom. The van der Waals surface area contributed by atoms with Gasteiger partial charge in [-0.15, -0.1) is 0 Å². The first-order chi connectivity index (χ1) is 15.0. The van der Waals surface area contributed by atoms with Gasteiger partial charge in [-0.2, -0.15) is 0 Å². The Bertz CT molecular complexity index is 907. The van der Waals surface area contributed by atoms with Gasteiger partial charge in [0.1, 0.15) is 11.6 Å². The Balaban J connectivity index is 1.69. The van der Waals surface area contributed by atoms with Crippen molar-refractivity contribution in [3.05, 3.63) is 53.6 Å². The van der Waals surface area contributed by atoms with Crippen molar-refractivity contribution >= 4 is 5.91 Å². The monoisotopic (exact) mass is 446 g/mol. The number of phenols is 1. The van der Waals surface area contributed by atoms with E-state index in [2.05, 4.69) is 15.3 Å². The molecule has 0 unspecified atom stereocenters. The molecule has 1 heterocycles. The number of halogens is 2. The van der Waals surface area contributed by atoms with E-state index >= 15 is 0 Å². The number of benzene rings is 1. The number of nitrogens with zero attached hydrogens (tertiary/aromatic N) is 3. The molecule has 0 spiro atoms. The van der Waals surface area contributed by atoms with E-state index in [-0.39, 0.29) is 24.1 Å². The van der Waals surface area contributed by atoms with Gasteiger partial charge < -0.3 is 15.3 Å². The van der Waals surface area contributed by atoms with Gasteiger partial charge in [0.15, 0.2) is 0 Å². The van der Waals surface area contributed by atoms with E-state index in [0.29, 0.717) is 37.2 Å². The quantitative estimate of drug-likeness (QED) is 0.582. The number of phenolic OH excluding ortho intramolecular Hbond substituents is 1. The minimum absolute atomic E-state index is 0.0205. The number of carbonyl (C=O) groups is 1. The molecule has 1 aliphatic rings. The van der Waals surface area contributed by atoms with Gasteiger partial charge in [0.2, 0.25) is 5.91 Å². The third-order valence-electron chi connectivity index (χ3n) is 6.60. The van der Waals surface area contributed by atoms with E-state index in [1.165, 1.54) is 0 Å². The third kappa shape index (κ3) is 5.59. The predicted molar refractivity (Wildman–Crippen MR) is 119 cm³/mol. The molecule has 2 N–H and O–H groups in total. The summed E-state index contributed by atoms with van der Waals surface area (Å²) in [6.07, 6.45) is 4.54. The van der Waals surface area contributed by atoms with Gasteiger partial charge in [-0.1, -0.05) is 12.1 Å². The molecule has 0 bridgehead atoms. The van der Waals surface area contributed by atoms with Crippen LogP contribution in [0.4, 0.5) is 8.78 Å². The highest BCUT2D eigenvalue weighted by Crippen LogP contribution is 2.65. The number of nitrogens with one attached hydrogen (secondary N) is 1. The summed E-state index contributed by atoms with van der Waals surface area (Å²) < 4.78 is 29.0. The molecule has 0 radical (unpaired) electrons. The Labute approximate surface area is 188 Å². The number of likely N-dealkylation sites (N-methyl/N-ethyl adjacent to an activating group) is 1. The van der Waals surface area contributed by atoms with Crippen LogP contribution in [0.3, 0.4) is 0 Å². The van der Waals surface area contributed by atoms with Gasteiger partial charge in [-0.25, -0.2) is 18.7 Å². The highest BCUT2D eigenvalue weighted by molar-refractivity contribution is 5.77. The number of amides is 1. The van der Waals surface area contributed by atoms with Crippen molar-refractivity contribution in [3.8, 4) is 5.75 Å². The molecule has 0 aliphatic heterocycles. The van der Waals surface area contributed by atoms with Crippen molar-refractivity contribution in [3.63, 3.8) is 0 Å². The van der Waals surface area contributed by atoms with Crippen molar-refractivity contribution in [2.24, 2.45) is 5.41 Å². The molecule has 2 atom stereocenters. The molecule has 1 aliphatic carbocycles. The lowest BCUT2D eigenvalue weighted by atomic mass is 9.78. The Hall–Kier alpha value is -2.61. The molecule has 1 saturated carbocycles. The number of hydrogen-bond donors (Lipinski definition) is 2. The number of aromatic hydroxyl groups is 1. The molecule has 8 heteroatoms. The Morgan fingerprint density at radius 1 is 1.22 bits per heavy atom. The summed E-state index contributed by atoms with van der Waals surface area (Å²) in [5.74, 6) is -3.03. The fraction of sp³-hybridized carbons (Fsp3) is 0.542. The lowest BCUT2D eigenvalue weighted by Crippen LogP contribution is -2.43. The number of aryl methyl sites for hydroxylation is 1.